The fraction of sp³-hybridized carbons (Fsp3) is 0. The topological polar surface area (TPSA) is 56.0 Å². The van der Waals surface area contributed by atoms with E-state index in [1.54, 1.807) is 24.3 Å². The van der Waals surface area contributed by atoms with E-state index in [-0.39, 0.29) is 11.5 Å². The monoisotopic (exact) mass is 216 g/mol. The van der Waals surface area contributed by atoms with E-state index in [2.05, 4.69) is 4.98 Å². The Balaban J connectivity index is 2.65. The van der Waals surface area contributed by atoms with Gasteiger partial charge in [-0.2, -0.15) is 0 Å². The molecule has 0 aliphatic rings. The number of nitrogen functional groups attached to an aromatic ring is 1. The summed E-state index contributed by atoms with van der Waals surface area (Å²) in [5, 5.41) is 0. The van der Waals surface area contributed by atoms with Crippen LogP contribution >= 0.6 is 0 Å². The van der Waals surface area contributed by atoms with E-state index >= 15 is 0 Å². The molecule has 4 heteroatoms. The second-order valence-electron chi connectivity index (χ2n) is 3.27. The zero-order chi connectivity index (χ0) is 11.5. The van der Waals surface area contributed by atoms with Crippen molar-refractivity contribution in [3.8, 4) is 11.1 Å². The maximum absolute atomic E-state index is 13.5. The maximum Gasteiger partial charge on any atom is 0.169 e. The molecule has 0 aliphatic heterocycles. The van der Waals surface area contributed by atoms with E-state index in [0.29, 0.717) is 17.4 Å². The number of nitrogens with two attached hydrogens (primary N) is 1. The van der Waals surface area contributed by atoms with Crippen LogP contribution < -0.4 is 5.73 Å². The van der Waals surface area contributed by atoms with Crippen LogP contribution in [0.4, 0.5) is 10.2 Å². The van der Waals surface area contributed by atoms with Crippen LogP contribution in [0.1, 0.15) is 10.5 Å². The molecule has 2 rings (SSSR count). The molecular formula is C12H9FN2O. The number of hydrogen-bond acceptors (Lipinski definition) is 3. The Labute approximate surface area is 91.7 Å². The van der Waals surface area contributed by atoms with Crippen molar-refractivity contribution >= 4 is 12.1 Å². The number of hydrogen-bond donors (Lipinski definition) is 1. The van der Waals surface area contributed by atoms with Crippen LogP contribution in [0.3, 0.4) is 0 Å². The lowest BCUT2D eigenvalue weighted by Gasteiger charge is -2.05. The van der Waals surface area contributed by atoms with E-state index in [0.717, 1.165) is 0 Å². The fourth-order valence-electron chi connectivity index (χ4n) is 1.49. The lowest BCUT2D eigenvalue weighted by atomic mass is 10.0. The summed E-state index contributed by atoms with van der Waals surface area (Å²) in [7, 11) is 0. The van der Waals surface area contributed by atoms with Crippen molar-refractivity contribution < 1.29 is 9.18 Å². The van der Waals surface area contributed by atoms with Crippen LogP contribution in [0.25, 0.3) is 11.1 Å². The van der Waals surface area contributed by atoms with Gasteiger partial charge in [-0.25, -0.2) is 9.37 Å². The highest BCUT2D eigenvalue weighted by Gasteiger charge is 2.10. The highest BCUT2D eigenvalue weighted by atomic mass is 19.1. The Kier molecular flexibility index (Phi) is 2.64. The van der Waals surface area contributed by atoms with Crippen LogP contribution in [0.2, 0.25) is 0 Å². The Hall–Kier alpha value is -2.23. The normalized spacial score (nSPS) is 10.1. The molecule has 1 heterocycles. The number of pyridine rings is 1. The maximum atomic E-state index is 13.5. The fourth-order valence-corrected chi connectivity index (χ4v) is 1.49. The molecule has 1 aromatic heterocycles. The summed E-state index contributed by atoms with van der Waals surface area (Å²) in [4.78, 5) is 14.7. The highest BCUT2D eigenvalue weighted by molar-refractivity contribution is 5.86. The second kappa shape index (κ2) is 4.10. The molecule has 16 heavy (non-hydrogen) atoms. The standard InChI is InChI=1S/C12H9FN2O/c13-10-4-2-1-3-8(10)9-5-6-12(14)15-11(9)7-16/h1-7H,(H2,14,15). The molecule has 3 nitrogen and oxygen atoms in total. The minimum Gasteiger partial charge on any atom is -0.384 e. The number of carbonyl (C=O) groups excluding carboxylic acids is 1. The Morgan fingerprint density at radius 3 is 2.56 bits per heavy atom. The quantitative estimate of drug-likeness (QED) is 0.783. The first-order chi connectivity index (χ1) is 7.72. The number of carbonyl (C=O) groups is 1. The van der Waals surface area contributed by atoms with E-state index in [1.807, 2.05) is 0 Å². The van der Waals surface area contributed by atoms with E-state index in [1.165, 1.54) is 12.1 Å². The molecule has 0 aliphatic carbocycles. The summed E-state index contributed by atoms with van der Waals surface area (Å²) in [5.74, 6) is -0.153. The molecule has 0 amide bonds. The van der Waals surface area contributed by atoms with Gasteiger partial charge in [-0.05, 0) is 18.2 Å². The molecule has 2 N–H and O–H groups in total. The molecule has 0 atom stereocenters. The number of rotatable bonds is 2. The Morgan fingerprint density at radius 1 is 1.12 bits per heavy atom. The van der Waals surface area contributed by atoms with Gasteiger partial charge in [0.05, 0.1) is 0 Å². The average molecular weight is 216 g/mol. The van der Waals surface area contributed by atoms with E-state index in [4.69, 9.17) is 5.73 Å². The molecule has 0 bridgehead atoms. The summed E-state index contributed by atoms with van der Waals surface area (Å²) in [5.41, 5.74) is 6.39. The van der Waals surface area contributed by atoms with Crippen molar-refractivity contribution in [2.24, 2.45) is 0 Å². The molecule has 0 saturated carbocycles. The van der Waals surface area contributed by atoms with Gasteiger partial charge >= 0.3 is 0 Å². The third-order valence-corrected chi connectivity index (χ3v) is 2.22. The first kappa shape index (κ1) is 10.3. The van der Waals surface area contributed by atoms with E-state index < -0.39 is 5.82 Å². The zero-order valence-electron chi connectivity index (χ0n) is 8.35. The lowest BCUT2D eigenvalue weighted by molar-refractivity contribution is 0.112. The first-order valence-electron chi connectivity index (χ1n) is 4.69. The van der Waals surface area contributed by atoms with Crippen molar-refractivity contribution in [3.63, 3.8) is 0 Å². The van der Waals surface area contributed by atoms with Gasteiger partial charge in [0.1, 0.15) is 17.3 Å². The predicted molar refractivity (Wildman–Crippen MR) is 59.4 cm³/mol. The summed E-state index contributed by atoms with van der Waals surface area (Å²) >= 11 is 0. The minimum atomic E-state index is -0.392. The number of nitrogens with zero attached hydrogens (tertiary/aromatic N) is 1. The van der Waals surface area contributed by atoms with Gasteiger partial charge < -0.3 is 5.73 Å². The number of benzene rings is 1. The van der Waals surface area contributed by atoms with Crippen molar-refractivity contribution in [3.05, 3.63) is 47.9 Å². The van der Waals surface area contributed by atoms with Crippen LogP contribution in [0.15, 0.2) is 36.4 Å². The smallest absolute Gasteiger partial charge is 0.169 e. The van der Waals surface area contributed by atoms with Crippen LogP contribution in [0, 0.1) is 5.82 Å². The van der Waals surface area contributed by atoms with Gasteiger partial charge in [0.25, 0.3) is 0 Å². The van der Waals surface area contributed by atoms with Crippen molar-refractivity contribution in [2.75, 3.05) is 5.73 Å². The summed E-state index contributed by atoms with van der Waals surface area (Å²) in [6, 6.07) is 9.34. The van der Waals surface area contributed by atoms with Crippen molar-refractivity contribution in [2.45, 2.75) is 0 Å². The van der Waals surface area contributed by atoms with Gasteiger partial charge in [0.15, 0.2) is 6.29 Å². The molecule has 0 radical (unpaired) electrons. The Morgan fingerprint density at radius 2 is 1.88 bits per heavy atom. The molecule has 0 saturated heterocycles. The van der Waals surface area contributed by atoms with E-state index in [9.17, 15) is 9.18 Å². The van der Waals surface area contributed by atoms with Crippen molar-refractivity contribution in [1.82, 2.24) is 4.98 Å². The summed E-state index contributed by atoms with van der Waals surface area (Å²) < 4.78 is 13.5. The summed E-state index contributed by atoms with van der Waals surface area (Å²) in [6.45, 7) is 0. The second-order valence-corrected chi connectivity index (χ2v) is 3.27. The molecule has 0 fully saturated rings. The van der Waals surface area contributed by atoms with Crippen LogP contribution in [0.5, 0.6) is 0 Å². The van der Waals surface area contributed by atoms with Gasteiger partial charge in [0, 0.05) is 11.1 Å². The van der Waals surface area contributed by atoms with Crippen molar-refractivity contribution in [1.29, 1.82) is 0 Å². The van der Waals surface area contributed by atoms with Gasteiger partial charge in [-0.15, -0.1) is 0 Å². The predicted octanol–water partition coefficient (Wildman–Crippen LogP) is 2.28. The lowest BCUT2D eigenvalue weighted by Crippen LogP contribution is -1.98. The number of anilines is 1. The molecular weight excluding hydrogens is 207 g/mol. The largest absolute Gasteiger partial charge is 0.384 e. The molecule has 0 spiro atoms. The number of halogens is 1. The zero-order valence-corrected chi connectivity index (χ0v) is 8.35. The van der Waals surface area contributed by atoms with Crippen LogP contribution in [-0.4, -0.2) is 11.3 Å². The average Bonchev–Trinajstić information content (AvgIpc) is 2.30. The SMILES string of the molecule is Nc1ccc(-c2ccccc2F)c(C=O)n1. The third-order valence-electron chi connectivity index (χ3n) is 2.22. The number of aldehydes is 1. The summed E-state index contributed by atoms with van der Waals surface area (Å²) in [6.07, 6.45) is 0.568. The molecule has 1 aromatic carbocycles. The van der Waals surface area contributed by atoms with Gasteiger partial charge in [-0.3, -0.25) is 4.79 Å². The Bertz CT molecular complexity index is 540. The number of aromatic nitrogens is 1. The first-order valence-corrected chi connectivity index (χ1v) is 4.69. The van der Waals surface area contributed by atoms with Gasteiger partial charge in [-0.1, -0.05) is 18.2 Å². The third kappa shape index (κ3) is 1.77. The molecule has 0 unspecified atom stereocenters. The molecule has 80 valence electrons. The van der Waals surface area contributed by atoms with Crippen LogP contribution in [-0.2, 0) is 0 Å². The van der Waals surface area contributed by atoms with Gasteiger partial charge in [0.2, 0.25) is 0 Å². The molecule has 2 aromatic rings. The highest BCUT2D eigenvalue weighted by Crippen LogP contribution is 2.24. The minimum absolute atomic E-state index is 0.144.